The summed E-state index contributed by atoms with van der Waals surface area (Å²) in [6.45, 7) is 17.5. The average molecular weight is 475 g/mol. The van der Waals surface area contributed by atoms with E-state index in [9.17, 15) is 19.8 Å². The maximum Gasteiger partial charge on any atom is 0.303 e. The van der Waals surface area contributed by atoms with Gasteiger partial charge in [0, 0.05) is 19.3 Å². The van der Waals surface area contributed by atoms with Crippen molar-refractivity contribution in [2.24, 2.45) is 45.8 Å². The molecule has 0 spiro atoms. The van der Waals surface area contributed by atoms with E-state index in [-0.39, 0.29) is 28.6 Å². The fraction of sp³-hybridized carbons (Fsp3) is 0.867. The summed E-state index contributed by atoms with van der Waals surface area (Å²) < 4.78 is 0. The third-order valence-electron chi connectivity index (χ3n) is 10.7. The van der Waals surface area contributed by atoms with Crippen LogP contribution in [0.25, 0.3) is 0 Å². The summed E-state index contributed by atoms with van der Waals surface area (Å²) >= 11 is 0. The molecule has 3 rings (SSSR count). The maximum absolute atomic E-state index is 12.7. The highest BCUT2D eigenvalue weighted by atomic mass is 16.4. The lowest BCUT2D eigenvalue weighted by Gasteiger charge is -2.61. The van der Waals surface area contributed by atoms with Crippen LogP contribution in [0.4, 0.5) is 0 Å². The van der Waals surface area contributed by atoms with Gasteiger partial charge in [-0.15, -0.1) is 0 Å². The highest BCUT2D eigenvalue weighted by molar-refractivity contribution is 5.78. The number of fused-ring (bicyclic) bond motifs is 3. The van der Waals surface area contributed by atoms with Gasteiger partial charge in [-0.2, -0.15) is 0 Å². The van der Waals surface area contributed by atoms with Crippen molar-refractivity contribution in [1.82, 2.24) is 0 Å². The lowest BCUT2D eigenvalue weighted by atomic mass is 9.44. The predicted octanol–water partition coefficient (Wildman–Crippen LogP) is 7.05. The third kappa shape index (κ3) is 4.65. The number of ketones is 1. The van der Waals surface area contributed by atoms with Crippen LogP contribution in [-0.2, 0) is 9.59 Å². The number of aliphatic hydroxyl groups is 1. The first kappa shape index (κ1) is 27.4. The number of carboxylic acids is 1. The van der Waals surface area contributed by atoms with Crippen LogP contribution in [0, 0.1) is 45.8 Å². The van der Waals surface area contributed by atoms with Crippen molar-refractivity contribution in [1.29, 1.82) is 0 Å². The van der Waals surface area contributed by atoms with Crippen LogP contribution in [0.1, 0.15) is 113 Å². The highest BCUT2D eigenvalue weighted by Gasteiger charge is 2.64. The number of hydrogen-bond donors (Lipinski definition) is 2. The molecule has 0 bridgehead atoms. The van der Waals surface area contributed by atoms with E-state index in [2.05, 4.69) is 47.6 Å². The van der Waals surface area contributed by atoms with Crippen LogP contribution in [0.2, 0.25) is 0 Å². The van der Waals surface area contributed by atoms with Crippen molar-refractivity contribution >= 4 is 11.8 Å². The van der Waals surface area contributed by atoms with Gasteiger partial charge in [-0.1, -0.05) is 53.2 Å². The van der Waals surface area contributed by atoms with Crippen LogP contribution in [0.15, 0.2) is 11.6 Å². The van der Waals surface area contributed by atoms with Crippen molar-refractivity contribution in [3.8, 4) is 0 Å². The van der Waals surface area contributed by atoms with Crippen molar-refractivity contribution in [3.05, 3.63) is 11.6 Å². The predicted molar refractivity (Wildman–Crippen MR) is 137 cm³/mol. The molecule has 0 aliphatic heterocycles. The van der Waals surface area contributed by atoms with Crippen LogP contribution in [0.3, 0.4) is 0 Å². The molecular weight excluding hydrogens is 424 g/mol. The molecule has 4 heteroatoms. The van der Waals surface area contributed by atoms with Gasteiger partial charge in [0.25, 0.3) is 0 Å². The molecule has 0 aromatic rings. The summed E-state index contributed by atoms with van der Waals surface area (Å²) in [6, 6.07) is 0. The van der Waals surface area contributed by atoms with Gasteiger partial charge in [0.1, 0.15) is 5.78 Å². The molecule has 7 atom stereocenters. The first-order valence-electron chi connectivity index (χ1n) is 13.7. The summed E-state index contributed by atoms with van der Waals surface area (Å²) in [5.41, 5.74) is 0.557. The molecule has 0 aromatic heterocycles. The second-order valence-corrected chi connectivity index (χ2v) is 13.8. The van der Waals surface area contributed by atoms with Gasteiger partial charge in [0.2, 0.25) is 0 Å². The SMILES string of the molecule is CC(C)CC(=O)CC(C)C1CCC2(C)C3CCC(C(C)(C)O)C(C)(CCC(=O)O)C3=CCC12C. The molecule has 194 valence electrons. The van der Waals surface area contributed by atoms with E-state index in [1.807, 2.05) is 13.8 Å². The minimum Gasteiger partial charge on any atom is -0.481 e. The number of hydrogen-bond acceptors (Lipinski definition) is 3. The molecule has 2 N–H and O–H groups in total. The molecule has 4 nitrogen and oxygen atoms in total. The molecule has 2 fully saturated rings. The Morgan fingerprint density at radius 2 is 1.71 bits per heavy atom. The molecule has 7 unspecified atom stereocenters. The van der Waals surface area contributed by atoms with Gasteiger partial charge in [0.05, 0.1) is 5.60 Å². The van der Waals surface area contributed by atoms with Gasteiger partial charge < -0.3 is 10.2 Å². The monoisotopic (exact) mass is 474 g/mol. The van der Waals surface area contributed by atoms with Crippen LogP contribution < -0.4 is 0 Å². The molecule has 2 saturated carbocycles. The highest BCUT2D eigenvalue weighted by Crippen LogP contribution is 2.71. The number of carbonyl (C=O) groups excluding carboxylic acids is 1. The van der Waals surface area contributed by atoms with Crippen molar-refractivity contribution in [2.75, 3.05) is 0 Å². The van der Waals surface area contributed by atoms with Crippen molar-refractivity contribution < 1.29 is 19.8 Å². The molecular formula is C30H50O4. The van der Waals surface area contributed by atoms with Crippen LogP contribution in [0.5, 0.6) is 0 Å². The fourth-order valence-corrected chi connectivity index (χ4v) is 8.98. The first-order chi connectivity index (χ1) is 15.6. The van der Waals surface area contributed by atoms with E-state index in [1.54, 1.807) is 0 Å². The summed E-state index contributed by atoms with van der Waals surface area (Å²) in [6.07, 6.45) is 9.85. The standard InChI is InChI=1S/C30H50O4/c1-19(2)17-21(31)18-20(3)22-11-15-30(8)24-9-10-25(27(4,5)34)28(6,14-13-26(32)33)23(24)12-16-29(22,30)7/h12,19-20,22,24-25,34H,9-11,13-18H2,1-8H3,(H,32,33). The van der Waals surface area contributed by atoms with Crippen molar-refractivity contribution in [3.63, 3.8) is 0 Å². The van der Waals surface area contributed by atoms with E-state index in [0.29, 0.717) is 48.7 Å². The molecule has 0 amide bonds. The smallest absolute Gasteiger partial charge is 0.303 e. The van der Waals surface area contributed by atoms with Crippen molar-refractivity contribution in [2.45, 2.75) is 119 Å². The second-order valence-electron chi connectivity index (χ2n) is 13.8. The van der Waals surface area contributed by atoms with Gasteiger partial charge in [-0.3, -0.25) is 9.59 Å². The topological polar surface area (TPSA) is 74.6 Å². The van der Waals surface area contributed by atoms with Gasteiger partial charge >= 0.3 is 5.97 Å². The molecule has 0 heterocycles. The number of aliphatic carboxylic acids is 1. The Labute approximate surface area is 208 Å². The lowest BCUT2D eigenvalue weighted by molar-refractivity contribution is -0.139. The largest absolute Gasteiger partial charge is 0.481 e. The first-order valence-corrected chi connectivity index (χ1v) is 13.7. The molecule has 0 radical (unpaired) electrons. The van der Waals surface area contributed by atoms with E-state index in [1.165, 1.54) is 18.4 Å². The zero-order valence-corrected chi connectivity index (χ0v) is 23.0. The Morgan fingerprint density at radius 3 is 2.26 bits per heavy atom. The number of rotatable bonds is 9. The van der Waals surface area contributed by atoms with Crippen LogP contribution >= 0.6 is 0 Å². The van der Waals surface area contributed by atoms with E-state index >= 15 is 0 Å². The number of allylic oxidation sites excluding steroid dienone is 2. The molecule has 3 aliphatic carbocycles. The van der Waals surface area contributed by atoms with Gasteiger partial charge in [0.15, 0.2) is 0 Å². The minimum absolute atomic E-state index is 0.0552. The normalized spacial score (nSPS) is 38.8. The number of Topliss-reactive ketones (excluding diaryl/α,β-unsaturated/α-hetero) is 1. The summed E-state index contributed by atoms with van der Waals surface area (Å²) in [5, 5.41) is 20.6. The molecule has 3 aliphatic rings. The zero-order valence-electron chi connectivity index (χ0n) is 23.0. The Bertz CT molecular complexity index is 820. The Balaban J connectivity index is 1.94. The van der Waals surface area contributed by atoms with Crippen LogP contribution in [-0.4, -0.2) is 27.6 Å². The fourth-order valence-electron chi connectivity index (χ4n) is 8.98. The molecule has 0 saturated heterocycles. The second kappa shape index (κ2) is 9.37. The van der Waals surface area contributed by atoms with E-state index in [4.69, 9.17) is 0 Å². The van der Waals surface area contributed by atoms with Gasteiger partial charge in [-0.25, -0.2) is 0 Å². The third-order valence-corrected chi connectivity index (χ3v) is 10.7. The molecule has 34 heavy (non-hydrogen) atoms. The Hall–Kier alpha value is -1.16. The number of carboxylic acid groups (broad SMARTS) is 1. The lowest BCUT2D eigenvalue weighted by Crippen LogP contribution is -2.55. The van der Waals surface area contributed by atoms with E-state index in [0.717, 1.165) is 19.3 Å². The van der Waals surface area contributed by atoms with Gasteiger partial charge in [-0.05, 0) is 98.2 Å². The summed E-state index contributed by atoms with van der Waals surface area (Å²) in [7, 11) is 0. The Morgan fingerprint density at radius 1 is 1.06 bits per heavy atom. The summed E-state index contributed by atoms with van der Waals surface area (Å²) in [5.74, 6) is 1.46. The summed E-state index contributed by atoms with van der Waals surface area (Å²) in [4.78, 5) is 24.2. The quantitative estimate of drug-likeness (QED) is 0.351. The van der Waals surface area contributed by atoms with E-state index < -0.39 is 11.6 Å². The average Bonchev–Trinajstić information content (AvgIpc) is 2.97. The minimum atomic E-state index is -0.843. The molecule has 0 aromatic carbocycles. The Kier molecular flexibility index (Phi) is 7.56. The number of carbonyl (C=O) groups is 2. The maximum atomic E-state index is 12.7. The zero-order chi connectivity index (χ0) is 25.7.